The molecule has 0 atom stereocenters. The molecule has 0 aromatic heterocycles. The fraction of sp³-hybridized carbons (Fsp3) is 0.250. The molecule has 0 saturated carbocycles. The minimum Gasteiger partial charge on any atom is -0.340 e. The van der Waals surface area contributed by atoms with Gasteiger partial charge < -0.3 is 5.32 Å². The molecule has 0 saturated heterocycles. The van der Waals surface area contributed by atoms with Crippen molar-refractivity contribution in [3.63, 3.8) is 0 Å². The van der Waals surface area contributed by atoms with Crippen LogP contribution >= 0.6 is 0 Å². The van der Waals surface area contributed by atoms with Crippen LogP contribution in [0.5, 0.6) is 0 Å². The number of carbonyl (C=O) groups excluding carboxylic acids is 2. The van der Waals surface area contributed by atoms with Crippen molar-refractivity contribution >= 4 is 11.7 Å². The monoisotopic (exact) mass is 258 g/mol. The van der Waals surface area contributed by atoms with Gasteiger partial charge >= 0.3 is 6.18 Å². The molecule has 97 valence electrons. The first-order valence-electron chi connectivity index (χ1n) is 5.14. The molecule has 0 spiro atoms. The lowest BCUT2D eigenvalue weighted by Crippen LogP contribution is -2.38. The van der Waals surface area contributed by atoms with Gasteiger partial charge in [-0.25, -0.2) is 0 Å². The fourth-order valence-corrected chi connectivity index (χ4v) is 1.18. The van der Waals surface area contributed by atoms with Crippen molar-refractivity contribution in [1.82, 2.24) is 5.32 Å². The predicted octanol–water partition coefficient (Wildman–Crippen LogP) is 1.68. The molecule has 0 aliphatic carbocycles. The van der Waals surface area contributed by atoms with Crippen molar-refractivity contribution in [2.24, 2.45) is 0 Å². The van der Waals surface area contributed by atoms with Gasteiger partial charge in [0.2, 0.25) is 5.78 Å². The van der Waals surface area contributed by atoms with Crippen molar-refractivity contribution in [3.05, 3.63) is 42.3 Å². The van der Waals surface area contributed by atoms with Crippen molar-refractivity contribution in [2.75, 3.05) is 6.54 Å². The maximum atomic E-state index is 11.8. The first-order chi connectivity index (χ1) is 8.38. The SMILES string of the molecule is O=C([CH]Cc1ccccc1)C(=O)NCC(F)(F)F. The molecule has 0 aliphatic rings. The number of Topliss-reactive ketones (excluding diaryl/α,β-unsaturated/α-hetero) is 1. The van der Waals surface area contributed by atoms with E-state index in [1.54, 1.807) is 30.3 Å². The third-order valence-electron chi connectivity index (χ3n) is 2.04. The molecule has 0 fully saturated rings. The van der Waals surface area contributed by atoms with Crippen LogP contribution in [0.4, 0.5) is 13.2 Å². The van der Waals surface area contributed by atoms with Gasteiger partial charge in [0.15, 0.2) is 0 Å². The normalized spacial score (nSPS) is 11.1. The predicted molar refractivity (Wildman–Crippen MR) is 58.5 cm³/mol. The van der Waals surface area contributed by atoms with Gasteiger partial charge in [-0.3, -0.25) is 9.59 Å². The summed E-state index contributed by atoms with van der Waals surface area (Å²) in [4.78, 5) is 22.2. The Kier molecular flexibility index (Phi) is 4.88. The highest BCUT2D eigenvalue weighted by molar-refractivity contribution is 6.39. The minimum absolute atomic E-state index is 0.207. The first-order valence-corrected chi connectivity index (χ1v) is 5.14. The molecule has 6 heteroatoms. The number of hydrogen-bond donors (Lipinski definition) is 1. The van der Waals surface area contributed by atoms with Crippen molar-refractivity contribution in [1.29, 1.82) is 0 Å². The second-order valence-electron chi connectivity index (χ2n) is 3.56. The topological polar surface area (TPSA) is 46.2 Å². The molecule has 0 unspecified atom stereocenters. The number of hydrogen-bond acceptors (Lipinski definition) is 2. The summed E-state index contributed by atoms with van der Waals surface area (Å²) >= 11 is 0. The zero-order chi connectivity index (χ0) is 13.6. The zero-order valence-electron chi connectivity index (χ0n) is 9.33. The van der Waals surface area contributed by atoms with Gasteiger partial charge in [0.1, 0.15) is 6.54 Å². The summed E-state index contributed by atoms with van der Waals surface area (Å²) in [5.74, 6) is -2.22. The summed E-state index contributed by atoms with van der Waals surface area (Å²) in [6.07, 6.45) is -3.25. The maximum absolute atomic E-state index is 11.8. The molecular weight excluding hydrogens is 247 g/mol. The molecular formula is C12H11F3NO2. The maximum Gasteiger partial charge on any atom is 0.405 e. The van der Waals surface area contributed by atoms with Crippen molar-refractivity contribution < 1.29 is 22.8 Å². The average Bonchev–Trinajstić information content (AvgIpc) is 2.33. The van der Waals surface area contributed by atoms with Crippen LogP contribution < -0.4 is 5.32 Å². The lowest BCUT2D eigenvalue weighted by atomic mass is 10.1. The molecule has 18 heavy (non-hydrogen) atoms. The largest absolute Gasteiger partial charge is 0.405 e. The Hall–Kier alpha value is -1.85. The summed E-state index contributed by atoms with van der Waals surface area (Å²) in [5.41, 5.74) is 0.800. The van der Waals surface area contributed by atoms with Gasteiger partial charge in [0.05, 0.1) is 0 Å². The number of amides is 1. The molecule has 0 bridgehead atoms. The van der Waals surface area contributed by atoms with E-state index in [1.165, 1.54) is 5.32 Å². The van der Waals surface area contributed by atoms with Crippen LogP contribution in [-0.2, 0) is 16.0 Å². The number of alkyl halides is 3. The molecule has 0 aliphatic heterocycles. The van der Waals surface area contributed by atoms with Crippen molar-refractivity contribution in [3.8, 4) is 0 Å². The van der Waals surface area contributed by atoms with Gasteiger partial charge in [-0.05, 0) is 12.0 Å². The molecule has 1 aromatic rings. The second kappa shape index (κ2) is 6.18. The van der Waals surface area contributed by atoms with E-state index in [0.717, 1.165) is 12.0 Å². The van der Waals surface area contributed by atoms with Crippen molar-refractivity contribution in [2.45, 2.75) is 12.6 Å². The van der Waals surface area contributed by atoms with E-state index in [9.17, 15) is 22.8 Å². The van der Waals surface area contributed by atoms with E-state index >= 15 is 0 Å². The summed E-state index contributed by atoms with van der Waals surface area (Å²) < 4.78 is 35.4. The second-order valence-corrected chi connectivity index (χ2v) is 3.56. The Morgan fingerprint density at radius 1 is 1.17 bits per heavy atom. The Morgan fingerprint density at radius 2 is 1.78 bits per heavy atom. The Morgan fingerprint density at radius 3 is 2.33 bits per heavy atom. The van der Waals surface area contributed by atoms with Crippen LogP contribution in [0.3, 0.4) is 0 Å². The number of halogens is 3. The van der Waals surface area contributed by atoms with Gasteiger partial charge in [0.25, 0.3) is 5.91 Å². The molecule has 1 rings (SSSR count). The van der Waals surface area contributed by atoms with Crippen LogP contribution in [0, 0.1) is 6.42 Å². The van der Waals surface area contributed by atoms with E-state index in [2.05, 4.69) is 0 Å². The smallest absolute Gasteiger partial charge is 0.340 e. The number of ketones is 1. The first kappa shape index (κ1) is 14.2. The third-order valence-corrected chi connectivity index (χ3v) is 2.04. The average molecular weight is 258 g/mol. The van der Waals surface area contributed by atoms with E-state index in [0.29, 0.717) is 0 Å². The van der Waals surface area contributed by atoms with Gasteiger partial charge in [-0.15, -0.1) is 0 Å². The fourth-order valence-electron chi connectivity index (χ4n) is 1.18. The van der Waals surface area contributed by atoms with Crippen LogP contribution in [-0.4, -0.2) is 24.4 Å². The molecule has 1 aromatic carbocycles. The quantitative estimate of drug-likeness (QED) is 0.817. The van der Waals surface area contributed by atoms with E-state index < -0.39 is 24.4 Å². The molecule has 3 nitrogen and oxygen atoms in total. The summed E-state index contributed by atoms with van der Waals surface area (Å²) in [5, 5.41) is 1.51. The number of carbonyl (C=O) groups is 2. The Labute approximate surface area is 102 Å². The summed E-state index contributed by atoms with van der Waals surface area (Å²) in [6, 6.07) is 8.81. The minimum atomic E-state index is -4.52. The molecule has 1 amide bonds. The highest BCUT2D eigenvalue weighted by atomic mass is 19.4. The number of rotatable bonds is 5. The zero-order valence-corrected chi connectivity index (χ0v) is 9.33. The molecule has 1 radical (unpaired) electrons. The van der Waals surface area contributed by atoms with Crippen LogP contribution in [0.25, 0.3) is 0 Å². The van der Waals surface area contributed by atoms with Gasteiger partial charge in [-0.2, -0.15) is 13.2 Å². The molecule has 1 N–H and O–H groups in total. The highest BCUT2D eigenvalue weighted by Gasteiger charge is 2.28. The van der Waals surface area contributed by atoms with Gasteiger partial charge in [-0.1, -0.05) is 30.3 Å². The summed E-state index contributed by atoms with van der Waals surface area (Å²) in [7, 11) is 0. The van der Waals surface area contributed by atoms with E-state index in [1.807, 2.05) is 0 Å². The Bertz CT molecular complexity index is 415. The molecule has 0 heterocycles. The van der Waals surface area contributed by atoms with Gasteiger partial charge in [0, 0.05) is 6.42 Å². The third kappa shape index (κ3) is 5.47. The van der Waals surface area contributed by atoms with Crippen LogP contribution in [0.1, 0.15) is 5.56 Å². The Balaban J connectivity index is 2.35. The van der Waals surface area contributed by atoms with Crippen LogP contribution in [0.15, 0.2) is 30.3 Å². The lowest BCUT2D eigenvalue weighted by Gasteiger charge is -2.07. The van der Waals surface area contributed by atoms with E-state index in [-0.39, 0.29) is 6.42 Å². The standard InChI is InChI=1S/C12H11F3NO2/c13-12(14,15)8-16-11(18)10(17)7-6-9-4-2-1-3-5-9/h1-5,7H,6,8H2,(H,16,18). The van der Waals surface area contributed by atoms with E-state index in [4.69, 9.17) is 0 Å². The summed E-state index contributed by atoms with van der Waals surface area (Å²) in [6.45, 7) is -1.50. The highest BCUT2D eigenvalue weighted by Crippen LogP contribution is 2.12. The number of nitrogens with one attached hydrogen (secondary N) is 1. The number of benzene rings is 1. The van der Waals surface area contributed by atoms with Crippen LogP contribution in [0.2, 0.25) is 0 Å². The lowest BCUT2D eigenvalue weighted by molar-refractivity contribution is -0.144.